The summed E-state index contributed by atoms with van der Waals surface area (Å²) in [5.41, 5.74) is 7.02. The maximum Gasteiger partial charge on any atom is 0.412 e. The fourth-order valence-corrected chi connectivity index (χ4v) is 1.75. The number of hydrogen-bond acceptors (Lipinski definition) is 5. The largest absolute Gasteiger partial charge is 0.507 e. The summed E-state index contributed by atoms with van der Waals surface area (Å²) in [5, 5.41) is 19.1. The van der Waals surface area contributed by atoms with E-state index in [2.05, 4.69) is 15.5 Å². The zero-order valence-corrected chi connectivity index (χ0v) is 12.1. The molecule has 7 nitrogen and oxygen atoms in total. The van der Waals surface area contributed by atoms with Crippen molar-refractivity contribution in [2.24, 2.45) is 0 Å². The number of nitrogens with zero attached hydrogens (tertiary/aromatic N) is 1. The molecule has 7 heteroatoms. The van der Waals surface area contributed by atoms with Gasteiger partial charge in [0.05, 0.1) is 17.6 Å². The quantitative estimate of drug-likeness (QED) is 0.679. The maximum absolute atomic E-state index is 11.7. The number of phenols is 1. The van der Waals surface area contributed by atoms with Crippen LogP contribution in [0, 0.1) is 0 Å². The summed E-state index contributed by atoms with van der Waals surface area (Å²) in [7, 11) is 0. The van der Waals surface area contributed by atoms with Crippen molar-refractivity contribution in [1.29, 1.82) is 0 Å². The molecule has 0 atom stereocenters. The van der Waals surface area contributed by atoms with Crippen molar-refractivity contribution < 1.29 is 14.6 Å². The number of nitrogens with one attached hydrogen (secondary N) is 2. The number of hydrogen-bond donors (Lipinski definition) is 4. The molecule has 0 bridgehead atoms. The third-order valence-electron chi connectivity index (χ3n) is 2.58. The minimum atomic E-state index is -0.587. The van der Waals surface area contributed by atoms with Crippen molar-refractivity contribution in [2.75, 3.05) is 11.1 Å². The Balaban J connectivity index is 2.17. The summed E-state index contributed by atoms with van der Waals surface area (Å²) >= 11 is 0. The number of amides is 1. The highest BCUT2D eigenvalue weighted by molar-refractivity contribution is 5.87. The Morgan fingerprint density at radius 1 is 1.43 bits per heavy atom. The highest BCUT2D eigenvalue weighted by Gasteiger charge is 2.17. The van der Waals surface area contributed by atoms with Gasteiger partial charge in [0, 0.05) is 17.3 Å². The van der Waals surface area contributed by atoms with Gasteiger partial charge in [-0.1, -0.05) is 0 Å². The molecule has 0 spiro atoms. The Bertz CT molecular complexity index is 658. The normalized spacial score (nSPS) is 11.2. The number of aromatic hydroxyl groups is 1. The summed E-state index contributed by atoms with van der Waals surface area (Å²) in [4.78, 5) is 11.7. The van der Waals surface area contributed by atoms with Gasteiger partial charge >= 0.3 is 6.09 Å². The first-order valence-electron chi connectivity index (χ1n) is 6.38. The van der Waals surface area contributed by atoms with Gasteiger partial charge in [0.15, 0.2) is 0 Å². The minimum absolute atomic E-state index is 0.0282. The van der Waals surface area contributed by atoms with Gasteiger partial charge < -0.3 is 15.6 Å². The van der Waals surface area contributed by atoms with E-state index in [0.29, 0.717) is 22.6 Å². The number of carbonyl (C=O) groups excluding carboxylic acids is 1. The molecule has 2 aromatic rings. The number of benzene rings is 1. The van der Waals surface area contributed by atoms with Crippen LogP contribution in [0.2, 0.25) is 0 Å². The number of phenolic OH excluding ortho intramolecular Hbond substituents is 1. The molecule has 112 valence electrons. The van der Waals surface area contributed by atoms with Crippen LogP contribution in [0.5, 0.6) is 5.75 Å². The molecular formula is C14H18N4O3. The highest BCUT2D eigenvalue weighted by atomic mass is 16.6. The third-order valence-corrected chi connectivity index (χ3v) is 2.58. The molecule has 0 fully saturated rings. The SMILES string of the molecule is CC(C)(C)OC(=O)Nc1ccc(-c2[nH]ncc2N)c(O)c1. The lowest BCUT2D eigenvalue weighted by Crippen LogP contribution is -2.27. The first-order valence-corrected chi connectivity index (χ1v) is 6.38. The molecule has 0 saturated carbocycles. The number of nitrogen functional groups attached to an aromatic ring is 1. The van der Waals surface area contributed by atoms with Crippen LogP contribution >= 0.6 is 0 Å². The average molecular weight is 290 g/mol. The summed E-state index contributed by atoms with van der Waals surface area (Å²) in [6.07, 6.45) is 0.873. The van der Waals surface area contributed by atoms with E-state index in [1.807, 2.05) is 0 Å². The minimum Gasteiger partial charge on any atom is -0.507 e. The zero-order chi connectivity index (χ0) is 15.6. The summed E-state index contributed by atoms with van der Waals surface area (Å²) in [5.74, 6) is -0.0282. The van der Waals surface area contributed by atoms with Gasteiger partial charge in [-0.2, -0.15) is 5.10 Å². The molecule has 1 heterocycles. The Kier molecular flexibility index (Phi) is 3.75. The standard InChI is InChI=1S/C14H18N4O3/c1-14(2,3)21-13(20)17-8-4-5-9(11(19)6-8)12-10(15)7-16-18-12/h4-7,19H,15H2,1-3H3,(H,16,18)(H,17,20). The second kappa shape index (κ2) is 5.35. The fraction of sp³-hybridized carbons (Fsp3) is 0.286. The van der Waals surface area contributed by atoms with Gasteiger partial charge in [-0.3, -0.25) is 10.4 Å². The van der Waals surface area contributed by atoms with Crippen molar-refractivity contribution >= 4 is 17.5 Å². The van der Waals surface area contributed by atoms with Gasteiger partial charge in [-0.25, -0.2) is 4.79 Å². The number of ether oxygens (including phenoxy) is 1. The van der Waals surface area contributed by atoms with Gasteiger partial charge in [0.1, 0.15) is 11.4 Å². The molecule has 1 amide bonds. The Morgan fingerprint density at radius 2 is 2.14 bits per heavy atom. The van der Waals surface area contributed by atoms with Crippen molar-refractivity contribution in [3.05, 3.63) is 24.4 Å². The molecular weight excluding hydrogens is 272 g/mol. The van der Waals surface area contributed by atoms with Crippen LogP contribution in [0.1, 0.15) is 20.8 Å². The Labute approximate surface area is 122 Å². The predicted molar refractivity (Wildman–Crippen MR) is 80.0 cm³/mol. The second-order valence-electron chi connectivity index (χ2n) is 5.56. The lowest BCUT2D eigenvalue weighted by molar-refractivity contribution is 0.0636. The number of aromatic amines is 1. The topological polar surface area (TPSA) is 113 Å². The first kappa shape index (κ1) is 14.7. The second-order valence-corrected chi connectivity index (χ2v) is 5.56. The predicted octanol–water partition coefficient (Wildman–Crippen LogP) is 2.71. The van der Waals surface area contributed by atoms with Crippen molar-refractivity contribution in [1.82, 2.24) is 10.2 Å². The molecule has 0 unspecified atom stereocenters. The highest BCUT2D eigenvalue weighted by Crippen LogP contribution is 2.33. The fourth-order valence-electron chi connectivity index (χ4n) is 1.75. The summed E-state index contributed by atoms with van der Waals surface area (Å²) in [6, 6.07) is 4.69. The lowest BCUT2D eigenvalue weighted by Gasteiger charge is -2.19. The summed E-state index contributed by atoms with van der Waals surface area (Å²) in [6.45, 7) is 5.32. The number of anilines is 2. The molecule has 21 heavy (non-hydrogen) atoms. The summed E-state index contributed by atoms with van der Waals surface area (Å²) < 4.78 is 5.14. The molecule has 0 aliphatic heterocycles. The monoisotopic (exact) mass is 290 g/mol. The smallest absolute Gasteiger partial charge is 0.412 e. The molecule has 2 rings (SSSR count). The molecule has 0 radical (unpaired) electrons. The van der Waals surface area contributed by atoms with Crippen molar-refractivity contribution in [3.8, 4) is 17.0 Å². The number of aromatic nitrogens is 2. The Morgan fingerprint density at radius 3 is 2.67 bits per heavy atom. The molecule has 0 aliphatic carbocycles. The van der Waals surface area contributed by atoms with Gasteiger partial charge in [0.2, 0.25) is 0 Å². The van der Waals surface area contributed by atoms with Crippen molar-refractivity contribution in [2.45, 2.75) is 26.4 Å². The lowest BCUT2D eigenvalue weighted by atomic mass is 10.1. The van der Waals surface area contributed by atoms with Gasteiger partial charge in [-0.05, 0) is 32.9 Å². The van der Waals surface area contributed by atoms with E-state index in [9.17, 15) is 9.90 Å². The van der Waals surface area contributed by atoms with Crippen LogP contribution < -0.4 is 11.1 Å². The van der Waals surface area contributed by atoms with Crippen LogP contribution in [-0.4, -0.2) is 27.0 Å². The Hall–Kier alpha value is -2.70. The van der Waals surface area contributed by atoms with E-state index < -0.39 is 11.7 Å². The van der Waals surface area contributed by atoms with Crippen LogP contribution in [-0.2, 0) is 4.74 Å². The number of nitrogens with two attached hydrogens (primary N) is 1. The zero-order valence-electron chi connectivity index (χ0n) is 12.1. The van der Waals surface area contributed by atoms with Crippen LogP contribution in [0.3, 0.4) is 0 Å². The van der Waals surface area contributed by atoms with E-state index >= 15 is 0 Å². The molecule has 1 aromatic heterocycles. The number of carbonyl (C=O) groups is 1. The van der Waals surface area contributed by atoms with Crippen LogP contribution in [0.25, 0.3) is 11.3 Å². The van der Waals surface area contributed by atoms with E-state index in [1.165, 1.54) is 12.3 Å². The molecule has 0 aliphatic rings. The van der Waals surface area contributed by atoms with Crippen LogP contribution in [0.4, 0.5) is 16.2 Å². The van der Waals surface area contributed by atoms with Crippen LogP contribution in [0.15, 0.2) is 24.4 Å². The van der Waals surface area contributed by atoms with E-state index in [-0.39, 0.29) is 5.75 Å². The van der Waals surface area contributed by atoms with Gasteiger partial charge in [0.25, 0.3) is 0 Å². The van der Waals surface area contributed by atoms with Gasteiger partial charge in [-0.15, -0.1) is 0 Å². The average Bonchev–Trinajstić information content (AvgIpc) is 2.73. The van der Waals surface area contributed by atoms with E-state index in [0.717, 1.165) is 0 Å². The molecule has 0 saturated heterocycles. The molecule has 5 N–H and O–H groups in total. The number of H-pyrrole nitrogens is 1. The molecule has 1 aromatic carbocycles. The maximum atomic E-state index is 11.7. The van der Waals surface area contributed by atoms with Crippen molar-refractivity contribution in [3.63, 3.8) is 0 Å². The van der Waals surface area contributed by atoms with E-state index in [4.69, 9.17) is 10.5 Å². The van der Waals surface area contributed by atoms with E-state index in [1.54, 1.807) is 32.9 Å². The number of rotatable bonds is 2. The first-order chi connectivity index (χ1) is 9.76. The third kappa shape index (κ3) is 3.65.